The average Bonchev–Trinajstić information content (AvgIpc) is 2.66. The zero-order valence-corrected chi connectivity index (χ0v) is 18.3. The fourth-order valence-corrected chi connectivity index (χ4v) is 4.84. The van der Waals surface area contributed by atoms with Crippen molar-refractivity contribution in [1.29, 1.82) is 0 Å². The van der Waals surface area contributed by atoms with Crippen molar-refractivity contribution in [3.05, 3.63) is 59.2 Å². The molecule has 5 heteroatoms. The first-order valence-corrected chi connectivity index (χ1v) is 11.2. The number of rotatable bonds is 7. The molecule has 3 rings (SSSR count). The highest BCUT2D eigenvalue weighted by molar-refractivity contribution is 9.09. The third-order valence-electron chi connectivity index (χ3n) is 6.12. The molecule has 0 aromatic heterocycles. The minimum absolute atomic E-state index is 0.251. The van der Waals surface area contributed by atoms with Crippen LogP contribution in [0.3, 0.4) is 0 Å². The van der Waals surface area contributed by atoms with Gasteiger partial charge in [-0.1, -0.05) is 69.7 Å². The van der Waals surface area contributed by atoms with Crippen molar-refractivity contribution >= 4 is 15.9 Å². The number of benzene rings is 2. The SMILES string of the molecule is CCCC1CCC(CCc2ccc(-c3cc(F)c(C(F)(F)Br)c(F)c3)cc2)CC1. The Bertz CT molecular complexity index is 780. The summed E-state index contributed by atoms with van der Waals surface area (Å²) in [4.78, 5) is -3.74. The first kappa shape index (κ1) is 22.3. The monoisotopic (exact) mass is 470 g/mol. The third kappa shape index (κ3) is 5.84. The van der Waals surface area contributed by atoms with Crippen LogP contribution < -0.4 is 0 Å². The quantitative estimate of drug-likeness (QED) is 0.280. The van der Waals surface area contributed by atoms with Gasteiger partial charge in [0.05, 0.1) is 0 Å². The third-order valence-corrected chi connectivity index (χ3v) is 6.51. The van der Waals surface area contributed by atoms with Crippen LogP contribution in [-0.4, -0.2) is 0 Å². The number of hydrogen-bond donors (Lipinski definition) is 0. The van der Waals surface area contributed by atoms with E-state index in [9.17, 15) is 17.6 Å². The van der Waals surface area contributed by atoms with Gasteiger partial charge in [-0.3, -0.25) is 0 Å². The molecule has 0 aliphatic heterocycles. The first-order chi connectivity index (χ1) is 13.8. The van der Waals surface area contributed by atoms with Gasteiger partial charge in [0, 0.05) is 0 Å². The fraction of sp³-hybridized carbons (Fsp3) is 0.500. The molecule has 1 aliphatic carbocycles. The number of halogens is 5. The highest BCUT2D eigenvalue weighted by Gasteiger charge is 2.34. The van der Waals surface area contributed by atoms with Gasteiger partial charge < -0.3 is 0 Å². The van der Waals surface area contributed by atoms with E-state index in [1.807, 2.05) is 28.1 Å². The smallest absolute Gasteiger partial charge is 0.206 e. The summed E-state index contributed by atoms with van der Waals surface area (Å²) in [6.45, 7) is 2.25. The molecule has 1 fully saturated rings. The lowest BCUT2D eigenvalue weighted by molar-refractivity contribution is 0.105. The van der Waals surface area contributed by atoms with E-state index >= 15 is 0 Å². The van der Waals surface area contributed by atoms with Crippen molar-refractivity contribution < 1.29 is 17.6 Å². The van der Waals surface area contributed by atoms with E-state index in [1.54, 1.807) is 12.1 Å². The van der Waals surface area contributed by atoms with E-state index in [0.29, 0.717) is 5.56 Å². The van der Waals surface area contributed by atoms with E-state index in [1.165, 1.54) is 44.1 Å². The number of hydrogen-bond acceptors (Lipinski definition) is 0. The molecule has 0 heterocycles. The lowest BCUT2D eigenvalue weighted by atomic mass is 9.78. The predicted octanol–water partition coefficient (Wildman–Crippen LogP) is 8.62. The first-order valence-electron chi connectivity index (χ1n) is 10.4. The van der Waals surface area contributed by atoms with Gasteiger partial charge in [-0.25, -0.2) is 8.78 Å². The maximum Gasteiger partial charge on any atom is 0.332 e. The van der Waals surface area contributed by atoms with E-state index in [4.69, 9.17) is 0 Å². The van der Waals surface area contributed by atoms with Gasteiger partial charge in [0.15, 0.2) is 0 Å². The van der Waals surface area contributed by atoms with Gasteiger partial charge in [-0.05, 0) is 69.4 Å². The second kappa shape index (κ2) is 9.63. The van der Waals surface area contributed by atoms with Gasteiger partial charge >= 0.3 is 4.83 Å². The summed E-state index contributed by atoms with van der Waals surface area (Å²) in [5.74, 6) is -0.828. The van der Waals surface area contributed by atoms with Gasteiger partial charge in [0.25, 0.3) is 0 Å². The Morgan fingerprint density at radius 1 is 0.862 bits per heavy atom. The molecule has 1 aliphatic rings. The average molecular weight is 471 g/mol. The van der Waals surface area contributed by atoms with Crippen molar-refractivity contribution in [3.8, 4) is 11.1 Å². The highest BCUT2D eigenvalue weighted by atomic mass is 79.9. The molecule has 0 spiro atoms. The van der Waals surface area contributed by atoms with Crippen molar-refractivity contribution in [3.63, 3.8) is 0 Å². The summed E-state index contributed by atoms with van der Waals surface area (Å²) in [7, 11) is 0. The minimum Gasteiger partial charge on any atom is -0.206 e. The molecule has 0 amide bonds. The number of alkyl halides is 3. The van der Waals surface area contributed by atoms with Gasteiger partial charge in [0.1, 0.15) is 17.2 Å². The lowest BCUT2D eigenvalue weighted by Gasteiger charge is -2.28. The predicted molar refractivity (Wildman–Crippen MR) is 113 cm³/mol. The van der Waals surface area contributed by atoms with Crippen molar-refractivity contribution in [2.75, 3.05) is 0 Å². The van der Waals surface area contributed by atoms with Gasteiger partial charge in [-0.2, -0.15) is 8.78 Å². The molecule has 29 heavy (non-hydrogen) atoms. The molecular formula is C24H27BrF4. The van der Waals surface area contributed by atoms with Crippen LogP contribution >= 0.6 is 15.9 Å². The Morgan fingerprint density at radius 3 is 1.86 bits per heavy atom. The Balaban J connectivity index is 1.61. The maximum absolute atomic E-state index is 14.0. The topological polar surface area (TPSA) is 0 Å². The van der Waals surface area contributed by atoms with E-state index in [2.05, 4.69) is 6.92 Å². The number of aryl methyl sites for hydroxylation is 1. The second-order valence-electron chi connectivity index (χ2n) is 8.22. The van der Waals surface area contributed by atoms with Gasteiger partial charge in [-0.15, -0.1) is 0 Å². The largest absolute Gasteiger partial charge is 0.332 e. The molecular weight excluding hydrogens is 444 g/mol. The van der Waals surface area contributed by atoms with Crippen LogP contribution in [0.4, 0.5) is 17.6 Å². The summed E-state index contributed by atoms with van der Waals surface area (Å²) >= 11 is 2.03. The Morgan fingerprint density at radius 2 is 1.38 bits per heavy atom. The van der Waals surface area contributed by atoms with Crippen LogP contribution in [0.25, 0.3) is 11.1 Å². The molecule has 0 atom stereocenters. The van der Waals surface area contributed by atoms with Crippen LogP contribution in [0.5, 0.6) is 0 Å². The molecule has 0 radical (unpaired) electrons. The van der Waals surface area contributed by atoms with Crippen LogP contribution in [0.1, 0.15) is 63.0 Å². The highest BCUT2D eigenvalue weighted by Crippen LogP contribution is 2.39. The summed E-state index contributed by atoms with van der Waals surface area (Å²) in [5.41, 5.74) is 0.790. The molecule has 0 unspecified atom stereocenters. The summed E-state index contributed by atoms with van der Waals surface area (Å²) in [6.07, 6.45) is 10.1. The minimum atomic E-state index is -3.74. The van der Waals surface area contributed by atoms with E-state index in [0.717, 1.165) is 36.8 Å². The Hall–Kier alpha value is -1.36. The maximum atomic E-state index is 14.0. The van der Waals surface area contributed by atoms with Crippen LogP contribution in [0.15, 0.2) is 36.4 Å². The molecule has 0 N–H and O–H groups in total. The fourth-order valence-electron chi connectivity index (χ4n) is 4.46. The van der Waals surface area contributed by atoms with Crippen LogP contribution in [0, 0.1) is 23.5 Å². The lowest BCUT2D eigenvalue weighted by Crippen LogP contribution is -2.15. The molecule has 2 aromatic rings. The normalized spacial score (nSPS) is 20.1. The standard InChI is InChI=1S/C24H27BrF4/c1-2-3-16-4-6-17(7-5-16)8-9-18-10-12-19(13-11-18)20-14-21(26)23(22(27)15-20)24(25,28)29/h10-17H,2-9H2,1H3. The van der Waals surface area contributed by atoms with Crippen molar-refractivity contribution in [2.45, 2.75) is 63.1 Å². The van der Waals surface area contributed by atoms with Crippen LogP contribution in [-0.2, 0) is 11.3 Å². The summed E-state index contributed by atoms with van der Waals surface area (Å²) < 4.78 is 54.6. The molecule has 0 nitrogen and oxygen atoms in total. The molecule has 158 valence electrons. The van der Waals surface area contributed by atoms with E-state index < -0.39 is 22.0 Å². The Labute approximate surface area is 178 Å². The molecule has 2 aromatic carbocycles. The van der Waals surface area contributed by atoms with Gasteiger partial charge in [0.2, 0.25) is 0 Å². The molecule has 0 bridgehead atoms. The zero-order chi connectivity index (χ0) is 21.0. The van der Waals surface area contributed by atoms with Crippen molar-refractivity contribution in [1.82, 2.24) is 0 Å². The summed E-state index contributed by atoms with van der Waals surface area (Å²) in [6, 6.07) is 9.43. The summed E-state index contributed by atoms with van der Waals surface area (Å²) in [5, 5.41) is 0. The second-order valence-corrected chi connectivity index (χ2v) is 9.22. The molecule has 1 saturated carbocycles. The molecule has 0 saturated heterocycles. The zero-order valence-electron chi connectivity index (χ0n) is 16.7. The van der Waals surface area contributed by atoms with Crippen molar-refractivity contribution in [2.24, 2.45) is 11.8 Å². The van der Waals surface area contributed by atoms with E-state index in [-0.39, 0.29) is 5.56 Å². The van der Waals surface area contributed by atoms with Crippen LogP contribution in [0.2, 0.25) is 0 Å². The Kier molecular flexibility index (Phi) is 7.42.